The first-order chi connectivity index (χ1) is 18.3. The molecule has 0 aliphatic rings. The lowest BCUT2D eigenvalue weighted by atomic mass is 9.85. The standard InChI is InChI=1S/C34H41N3O/c1-6-34(4,5)21-9-7-8-12-30-19-20-32(33(38)35-22-10-11-28-24-36-37-25-28)23-31(30)18-15-27-13-16-29(17-14-27)26(2)3/h8,12-14,16-17,19-20,23-25H,2,6-7,9-11,21-22H2,1,3-5H3,(H,35,38)(H,36,37)/b12-8+. The van der Waals surface area contributed by atoms with E-state index in [4.69, 9.17) is 0 Å². The summed E-state index contributed by atoms with van der Waals surface area (Å²) >= 11 is 0. The lowest BCUT2D eigenvalue weighted by Crippen LogP contribution is -2.24. The Hall–Kier alpha value is -3.84. The molecule has 1 amide bonds. The summed E-state index contributed by atoms with van der Waals surface area (Å²) in [6.45, 7) is 13.5. The van der Waals surface area contributed by atoms with Crippen LogP contribution in [0, 0.1) is 17.3 Å². The highest BCUT2D eigenvalue weighted by Crippen LogP contribution is 2.27. The summed E-state index contributed by atoms with van der Waals surface area (Å²) < 4.78 is 0. The summed E-state index contributed by atoms with van der Waals surface area (Å²) in [5, 5.41) is 9.82. The first-order valence-corrected chi connectivity index (χ1v) is 13.6. The summed E-state index contributed by atoms with van der Waals surface area (Å²) in [4.78, 5) is 12.9. The van der Waals surface area contributed by atoms with Crippen molar-refractivity contribution in [3.05, 3.63) is 101 Å². The van der Waals surface area contributed by atoms with Gasteiger partial charge in [-0.3, -0.25) is 9.89 Å². The summed E-state index contributed by atoms with van der Waals surface area (Å²) in [7, 11) is 0. The first-order valence-electron chi connectivity index (χ1n) is 13.6. The van der Waals surface area contributed by atoms with Crippen molar-refractivity contribution in [3.63, 3.8) is 0 Å². The predicted octanol–water partition coefficient (Wildman–Crippen LogP) is 7.82. The second-order valence-corrected chi connectivity index (χ2v) is 10.7. The molecule has 2 N–H and O–H groups in total. The van der Waals surface area contributed by atoms with Crippen LogP contribution in [0.2, 0.25) is 0 Å². The highest BCUT2D eigenvalue weighted by atomic mass is 16.1. The minimum absolute atomic E-state index is 0.0802. The van der Waals surface area contributed by atoms with E-state index in [-0.39, 0.29) is 5.91 Å². The van der Waals surface area contributed by atoms with Gasteiger partial charge in [0, 0.05) is 29.4 Å². The van der Waals surface area contributed by atoms with Gasteiger partial charge in [0.05, 0.1) is 6.20 Å². The van der Waals surface area contributed by atoms with E-state index in [2.05, 4.69) is 66.9 Å². The van der Waals surface area contributed by atoms with Crippen molar-refractivity contribution >= 4 is 17.6 Å². The van der Waals surface area contributed by atoms with Crippen LogP contribution in [0.3, 0.4) is 0 Å². The number of aryl methyl sites for hydroxylation is 1. The molecule has 0 aliphatic carbocycles. The summed E-state index contributed by atoms with van der Waals surface area (Å²) in [6, 6.07) is 13.9. The van der Waals surface area contributed by atoms with Crippen molar-refractivity contribution in [2.75, 3.05) is 6.54 Å². The number of benzene rings is 2. The van der Waals surface area contributed by atoms with Gasteiger partial charge in [0.2, 0.25) is 0 Å². The Balaban J connectivity index is 1.73. The molecule has 2 aromatic carbocycles. The van der Waals surface area contributed by atoms with Gasteiger partial charge in [0.15, 0.2) is 0 Å². The Morgan fingerprint density at radius 1 is 1.11 bits per heavy atom. The normalized spacial score (nSPS) is 11.3. The molecule has 38 heavy (non-hydrogen) atoms. The summed E-state index contributed by atoms with van der Waals surface area (Å²) in [5.41, 5.74) is 7.10. The van der Waals surface area contributed by atoms with Gasteiger partial charge in [-0.25, -0.2) is 0 Å². The highest BCUT2D eigenvalue weighted by molar-refractivity contribution is 5.95. The number of unbranched alkanes of at least 4 members (excludes halogenated alkanes) is 1. The maximum absolute atomic E-state index is 12.9. The van der Waals surface area contributed by atoms with E-state index < -0.39 is 0 Å². The molecule has 4 nitrogen and oxygen atoms in total. The molecule has 0 unspecified atom stereocenters. The molecule has 1 aromatic heterocycles. The van der Waals surface area contributed by atoms with Gasteiger partial charge in [0.1, 0.15) is 0 Å². The van der Waals surface area contributed by atoms with Crippen LogP contribution in [0.15, 0.2) is 67.5 Å². The van der Waals surface area contributed by atoms with Crippen LogP contribution >= 0.6 is 0 Å². The molecule has 3 aromatic rings. The SMILES string of the molecule is C=C(C)c1ccc(C#Cc2cc(C(=O)NCCCc3cn[nH]c3)ccc2/C=C/CCCC(C)(C)CC)cc1. The van der Waals surface area contributed by atoms with Gasteiger partial charge in [-0.15, -0.1) is 0 Å². The average molecular weight is 508 g/mol. The number of hydrogen-bond acceptors (Lipinski definition) is 2. The summed E-state index contributed by atoms with van der Waals surface area (Å²) in [6.07, 6.45) is 14.4. The van der Waals surface area contributed by atoms with Crippen LogP contribution in [-0.4, -0.2) is 22.6 Å². The molecule has 4 heteroatoms. The van der Waals surface area contributed by atoms with Crippen molar-refractivity contribution in [3.8, 4) is 11.8 Å². The number of nitrogens with one attached hydrogen (secondary N) is 2. The zero-order valence-electron chi connectivity index (χ0n) is 23.4. The summed E-state index contributed by atoms with van der Waals surface area (Å²) in [5.74, 6) is 6.52. The average Bonchev–Trinajstić information content (AvgIpc) is 3.44. The van der Waals surface area contributed by atoms with E-state index in [1.165, 1.54) is 12.8 Å². The van der Waals surface area contributed by atoms with Crippen LogP contribution in [0.4, 0.5) is 0 Å². The zero-order chi connectivity index (χ0) is 27.4. The number of H-pyrrole nitrogens is 1. The minimum Gasteiger partial charge on any atom is -0.352 e. The second kappa shape index (κ2) is 14.2. The van der Waals surface area contributed by atoms with Crippen molar-refractivity contribution in [1.82, 2.24) is 15.5 Å². The Morgan fingerprint density at radius 2 is 1.87 bits per heavy atom. The highest BCUT2D eigenvalue weighted by Gasteiger charge is 2.13. The Kier molecular flexibility index (Phi) is 10.7. The number of hydrogen-bond donors (Lipinski definition) is 2. The van der Waals surface area contributed by atoms with Crippen molar-refractivity contribution in [2.24, 2.45) is 5.41 Å². The van der Waals surface area contributed by atoms with Crippen LogP contribution in [0.1, 0.15) is 98.0 Å². The molecule has 0 atom stereocenters. The fraction of sp³-hybridized carbons (Fsp3) is 0.353. The number of aromatic nitrogens is 2. The van der Waals surface area contributed by atoms with E-state index in [0.29, 0.717) is 17.5 Å². The van der Waals surface area contributed by atoms with Gasteiger partial charge in [-0.2, -0.15) is 5.10 Å². The van der Waals surface area contributed by atoms with E-state index >= 15 is 0 Å². The van der Waals surface area contributed by atoms with E-state index in [1.54, 1.807) is 0 Å². The number of carbonyl (C=O) groups is 1. The third kappa shape index (κ3) is 9.23. The second-order valence-electron chi connectivity index (χ2n) is 10.7. The Morgan fingerprint density at radius 3 is 2.55 bits per heavy atom. The molecule has 0 bridgehead atoms. The molecule has 0 fully saturated rings. The lowest BCUT2D eigenvalue weighted by Gasteiger charge is -2.21. The number of allylic oxidation sites excluding steroid dienone is 2. The molecule has 0 aliphatic heterocycles. The van der Waals surface area contributed by atoms with Gasteiger partial charge in [-0.1, -0.05) is 81.5 Å². The molecule has 0 spiro atoms. The van der Waals surface area contributed by atoms with E-state index in [1.807, 2.05) is 61.8 Å². The number of amides is 1. The molecule has 0 radical (unpaired) electrons. The fourth-order valence-corrected chi connectivity index (χ4v) is 4.03. The smallest absolute Gasteiger partial charge is 0.251 e. The number of nitrogens with zero attached hydrogens (tertiary/aromatic N) is 1. The van der Waals surface area contributed by atoms with Gasteiger partial charge < -0.3 is 5.32 Å². The maximum atomic E-state index is 12.9. The molecule has 198 valence electrons. The van der Waals surface area contributed by atoms with Gasteiger partial charge in [-0.05, 0) is 85.4 Å². The molecule has 0 saturated heterocycles. The largest absolute Gasteiger partial charge is 0.352 e. The number of rotatable bonds is 12. The Labute approximate surface area is 228 Å². The number of aromatic amines is 1. The van der Waals surface area contributed by atoms with E-state index in [0.717, 1.165) is 59.1 Å². The van der Waals surface area contributed by atoms with Crippen molar-refractivity contribution in [2.45, 2.75) is 66.2 Å². The fourth-order valence-electron chi connectivity index (χ4n) is 4.03. The van der Waals surface area contributed by atoms with Crippen LogP contribution in [0.25, 0.3) is 11.6 Å². The quantitative estimate of drug-likeness (QED) is 0.194. The van der Waals surface area contributed by atoms with Crippen LogP contribution < -0.4 is 5.32 Å². The van der Waals surface area contributed by atoms with Gasteiger partial charge in [0.25, 0.3) is 5.91 Å². The molecular formula is C34H41N3O. The molecule has 3 rings (SSSR count). The monoisotopic (exact) mass is 507 g/mol. The Bertz CT molecular complexity index is 1290. The van der Waals surface area contributed by atoms with Crippen LogP contribution in [-0.2, 0) is 6.42 Å². The zero-order valence-corrected chi connectivity index (χ0v) is 23.4. The first kappa shape index (κ1) is 28.7. The third-order valence-corrected chi connectivity index (χ3v) is 7.00. The van der Waals surface area contributed by atoms with Crippen molar-refractivity contribution < 1.29 is 4.79 Å². The molecule has 1 heterocycles. The predicted molar refractivity (Wildman–Crippen MR) is 160 cm³/mol. The minimum atomic E-state index is -0.0802. The molecular weight excluding hydrogens is 466 g/mol. The lowest BCUT2D eigenvalue weighted by molar-refractivity contribution is 0.0953. The number of carbonyl (C=O) groups excluding carboxylic acids is 1. The maximum Gasteiger partial charge on any atom is 0.251 e. The molecule has 0 saturated carbocycles. The van der Waals surface area contributed by atoms with Crippen LogP contribution in [0.5, 0.6) is 0 Å². The van der Waals surface area contributed by atoms with E-state index in [9.17, 15) is 4.79 Å². The topological polar surface area (TPSA) is 57.8 Å². The third-order valence-electron chi connectivity index (χ3n) is 7.00. The van der Waals surface area contributed by atoms with Gasteiger partial charge >= 0.3 is 0 Å². The van der Waals surface area contributed by atoms with Crippen molar-refractivity contribution in [1.29, 1.82) is 0 Å².